The van der Waals surface area contributed by atoms with E-state index in [0.717, 1.165) is 5.69 Å². The highest BCUT2D eigenvalue weighted by Crippen LogP contribution is 2.27. The van der Waals surface area contributed by atoms with Crippen molar-refractivity contribution in [3.05, 3.63) is 12.4 Å². The summed E-state index contributed by atoms with van der Waals surface area (Å²) in [4.78, 5) is 24.2. The van der Waals surface area contributed by atoms with E-state index in [9.17, 15) is 9.59 Å². The van der Waals surface area contributed by atoms with E-state index in [2.05, 4.69) is 10.2 Å². The van der Waals surface area contributed by atoms with E-state index in [1.165, 1.54) is 18.7 Å². The molecule has 1 aliphatic rings. The molecule has 2 rings (SSSR count). The van der Waals surface area contributed by atoms with Crippen LogP contribution in [0, 0.1) is 0 Å². The van der Waals surface area contributed by atoms with Crippen LogP contribution in [0.15, 0.2) is 12.4 Å². The van der Waals surface area contributed by atoms with E-state index in [-0.39, 0.29) is 16.3 Å². The molecule has 0 aromatic carbocycles. The van der Waals surface area contributed by atoms with Crippen LogP contribution >= 0.6 is 11.8 Å². The van der Waals surface area contributed by atoms with Crippen LogP contribution in [0.3, 0.4) is 0 Å². The Hall–Kier alpha value is -1.30. The number of aromatic amines is 1. The SMILES string of the molecule is CC(=O)SC1CC(=O)N(c2cn[nH]c2)C1. The maximum Gasteiger partial charge on any atom is 0.228 e. The molecule has 1 saturated heterocycles. The molecule has 6 heteroatoms. The summed E-state index contributed by atoms with van der Waals surface area (Å²) in [5.74, 6) is 0.0511. The third-order valence-electron chi connectivity index (χ3n) is 2.22. The lowest BCUT2D eigenvalue weighted by atomic mass is 10.4. The highest BCUT2D eigenvalue weighted by molar-refractivity contribution is 8.14. The number of amides is 1. The molecular weight excluding hydrogens is 214 g/mol. The van der Waals surface area contributed by atoms with Gasteiger partial charge in [0.2, 0.25) is 5.91 Å². The van der Waals surface area contributed by atoms with Crippen molar-refractivity contribution in [1.29, 1.82) is 0 Å². The van der Waals surface area contributed by atoms with Crippen molar-refractivity contribution in [2.45, 2.75) is 18.6 Å². The zero-order chi connectivity index (χ0) is 10.8. The second kappa shape index (κ2) is 4.06. The van der Waals surface area contributed by atoms with Crippen LogP contribution in [0.1, 0.15) is 13.3 Å². The molecule has 0 aliphatic carbocycles. The van der Waals surface area contributed by atoms with Crippen LogP contribution < -0.4 is 4.90 Å². The molecule has 0 radical (unpaired) electrons. The quantitative estimate of drug-likeness (QED) is 0.808. The number of thioether (sulfide) groups is 1. The summed E-state index contributed by atoms with van der Waals surface area (Å²) < 4.78 is 0. The highest BCUT2D eigenvalue weighted by atomic mass is 32.2. The Labute approximate surface area is 91.2 Å². The minimum absolute atomic E-state index is 0.0511. The van der Waals surface area contributed by atoms with Crippen LogP contribution in [0.25, 0.3) is 0 Å². The average molecular weight is 225 g/mol. The van der Waals surface area contributed by atoms with Gasteiger partial charge in [-0.05, 0) is 0 Å². The molecule has 1 N–H and O–H groups in total. The van der Waals surface area contributed by atoms with Gasteiger partial charge in [0.05, 0.1) is 11.9 Å². The molecule has 80 valence electrons. The molecule has 1 aliphatic heterocycles. The number of carbonyl (C=O) groups is 2. The van der Waals surface area contributed by atoms with Gasteiger partial charge in [-0.25, -0.2) is 0 Å². The number of anilines is 1. The fourth-order valence-electron chi connectivity index (χ4n) is 1.63. The number of nitrogens with one attached hydrogen (secondary N) is 1. The van der Waals surface area contributed by atoms with Gasteiger partial charge in [-0.15, -0.1) is 0 Å². The number of aromatic nitrogens is 2. The lowest BCUT2D eigenvalue weighted by molar-refractivity contribution is -0.117. The largest absolute Gasteiger partial charge is 0.308 e. The van der Waals surface area contributed by atoms with Gasteiger partial charge >= 0.3 is 0 Å². The molecule has 0 bridgehead atoms. The summed E-state index contributed by atoms with van der Waals surface area (Å²) in [5.41, 5.74) is 0.770. The summed E-state index contributed by atoms with van der Waals surface area (Å²) in [6, 6.07) is 0. The van der Waals surface area contributed by atoms with Crippen molar-refractivity contribution in [2.75, 3.05) is 11.4 Å². The number of H-pyrrole nitrogens is 1. The summed E-state index contributed by atoms with van der Waals surface area (Å²) >= 11 is 1.23. The van der Waals surface area contributed by atoms with Gasteiger partial charge in [-0.2, -0.15) is 5.10 Å². The molecule has 1 amide bonds. The minimum Gasteiger partial charge on any atom is -0.308 e. The summed E-state index contributed by atoms with van der Waals surface area (Å²) in [5, 5.41) is 6.59. The molecule has 0 saturated carbocycles. The number of carbonyl (C=O) groups excluding carboxylic acids is 2. The van der Waals surface area contributed by atoms with Gasteiger partial charge < -0.3 is 4.90 Å². The maximum absolute atomic E-state index is 11.6. The monoisotopic (exact) mass is 225 g/mol. The molecule has 0 spiro atoms. The van der Waals surface area contributed by atoms with E-state index < -0.39 is 0 Å². The zero-order valence-electron chi connectivity index (χ0n) is 8.27. The highest BCUT2D eigenvalue weighted by Gasteiger charge is 2.32. The van der Waals surface area contributed by atoms with E-state index in [1.54, 1.807) is 17.3 Å². The van der Waals surface area contributed by atoms with Crippen molar-refractivity contribution in [1.82, 2.24) is 10.2 Å². The first-order valence-corrected chi connectivity index (χ1v) is 5.51. The van der Waals surface area contributed by atoms with Crippen molar-refractivity contribution >= 4 is 28.5 Å². The molecule has 1 aromatic rings. The van der Waals surface area contributed by atoms with E-state index in [1.807, 2.05) is 0 Å². The Kier molecular flexibility index (Phi) is 2.77. The van der Waals surface area contributed by atoms with Crippen molar-refractivity contribution in [3.8, 4) is 0 Å². The Balaban J connectivity index is 2.05. The van der Waals surface area contributed by atoms with E-state index in [0.29, 0.717) is 13.0 Å². The summed E-state index contributed by atoms with van der Waals surface area (Å²) in [7, 11) is 0. The third-order valence-corrected chi connectivity index (χ3v) is 3.20. The van der Waals surface area contributed by atoms with Gasteiger partial charge in [0.1, 0.15) is 0 Å². The van der Waals surface area contributed by atoms with Gasteiger partial charge in [-0.3, -0.25) is 14.7 Å². The molecule has 1 atom stereocenters. The first-order chi connectivity index (χ1) is 7.16. The Morgan fingerprint density at radius 3 is 3.13 bits per heavy atom. The lowest BCUT2D eigenvalue weighted by Crippen LogP contribution is -2.24. The van der Waals surface area contributed by atoms with Crippen LogP contribution in [0.5, 0.6) is 0 Å². The molecule has 1 unspecified atom stereocenters. The first kappa shape index (κ1) is 10.2. The van der Waals surface area contributed by atoms with Gasteiger partial charge in [0.25, 0.3) is 0 Å². The normalized spacial score (nSPS) is 21.0. The fourth-order valence-corrected chi connectivity index (χ4v) is 2.55. The smallest absolute Gasteiger partial charge is 0.228 e. The van der Waals surface area contributed by atoms with E-state index >= 15 is 0 Å². The van der Waals surface area contributed by atoms with Crippen LogP contribution in [0.2, 0.25) is 0 Å². The number of hydrogen-bond acceptors (Lipinski definition) is 4. The summed E-state index contributed by atoms with van der Waals surface area (Å²) in [6.45, 7) is 2.11. The Bertz CT molecular complexity index is 377. The molecule has 1 aromatic heterocycles. The fraction of sp³-hybridized carbons (Fsp3) is 0.444. The van der Waals surface area contributed by atoms with Crippen LogP contribution in [0.4, 0.5) is 5.69 Å². The number of rotatable bonds is 2. The predicted octanol–water partition coefficient (Wildman–Crippen LogP) is 0.795. The zero-order valence-corrected chi connectivity index (χ0v) is 9.08. The molecule has 5 nitrogen and oxygen atoms in total. The Morgan fingerprint density at radius 1 is 1.73 bits per heavy atom. The van der Waals surface area contributed by atoms with Crippen molar-refractivity contribution in [3.63, 3.8) is 0 Å². The third kappa shape index (κ3) is 2.20. The number of nitrogens with zero attached hydrogens (tertiary/aromatic N) is 2. The topological polar surface area (TPSA) is 66.1 Å². The Morgan fingerprint density at radius 2 is 2.53 bits per heavy atom. The molecule has 1 fully saturated rings. The lowest BCUT2D eigenvalue weighted by Gasteiger charge is -2.12. The molecular formula is C9H11N3O2S. The standard InChI is InChI=1S/C9H11N3O2S/c1-6(13)15-8-2-9(14)12(5-8)7-3-10-11-4-7/h3-4,8H,2,5H2,1H3,(H,10,11). The van der Waals surface area contributed by atoms with Crippen molar-refractivity contribution < 1.29 is 9.59 Å². The van der Waals surface area contributed by atoms with Crippen molar-refractivity contribution in [2.24, 2.45) is 0 Å². The van der Waals surface area contributed by atoms with Gasteiger partial charge in [-0.1, -0.05) is 11.8 Å². The number of hydrogen-bond donors (Lipinski definition) is 1. The molecule has 2 heterocycles. The second-order valence-corrected chi connectivity index (χ2v) is 4.87. The van der Waals surface area contributed by atoms with Gasteiger partial charge in [0, 0.05) is 31.3 Å². The van der Waals surface area contributed by atoms with Crippen LogP contribution in [-0.4, -0.2) is 33.0 Å². The minimum atomic E-state index is 0.0511. The molecule has 15 heavy (non-hydrogen) atoms. The maximum atomic E-state index is 11.6. The van der Waals surface area contributed by atoms with Gasteiger partial charge in [0.15, 0.2) is 5.12 Å². The first-order valence-electron chi connectivity index (χ1n) is 4.63. The predicted molar refractivity (Wildman–Crippen MR) is 57.6 cm³/mol. The second-order valence-electron chi connectivity index (χ2n) is 3.40. The summed E-state index contributed by atoms with van der Waals surface area (Å²) in [6.07, 6.45) is 3.72. The van der Waals surface area contributed by atoms with E-state index in [4.69, 9.17) is 0 Å². The average Bonchev–Trinajstić information content (AvgIpc) is 2.72. The van der Waals surface area contributed by atoms with Crippen LogP contribution in [-0.2, 0) is 9.59 Å².